The van der Waals surface area contributed by atoms with Crippen molar-refractivity contribution in [3.05, 3.63) is 0 Å². The van der Waals surface area contributed by atoms with Crippen LogP contribution in [0.15, 0.2) is 0 Å². The quantitative estimate of drug-likeness (QED) is 0.688. The maximum atomic E-state index is 12.4. The van der Waals surface area contributed by atoms with Crippen LogP contribution in [0, 0.1) is 11.8 Å². The largest absolute Gasteiger partial charge is 0.481 e. The standard InChI is InChI=1S/C15H26N2O4/c1-10-7-8-17(13(10)9-18)15(21)16-12-6-4-2-3-5-11(12)14(19)20/h10-13,18H,2-9H2,1H3,(H,16,21)(H,19,20). The Balaban J connectivity index is 2.01. The zero-order valence-electron chi connectivity index (χ0n) is 12.6. The summed E-state index contributed by atoms with van der Waals surface area (Å²) >= 11 is 0. The van der Waals surface area contributed by atoms with Crippen LogP contribution in [0.1, 0.15) is 45.4 Å². The monoisotopic (exact) mass is 298 g/mol. The molecule has 1 saturated carbocycles. The number of carboxylic acid groups (broad SMARTS) is 1. The van der Waals surface area contributed by atoms with E-state index in [1.165, 1.54) is 0 Å². The first-order valence-electron chi connectivity index (χ1n) is 7.95. The molecule has 21 heavy (non-hydrogen) atoms. The Morgan fingerprint density at radius 1 is 1.19 bits per heavy atom. The van der Waals surface area contributed by atoms with E-state index in [4.69, 9.17) is 0 Å². The topological polar surface area (TPSA) is 89.9 Å². The van der Waals surface area contributed by atoms with E-state index in [9.17, 15) is 19.8 Å². The van der Waals surface area contributed by atoms with Crippen LogP contribution in [0.5, 0.6) is 0 Å². The van der Waals surface area contributed by atoms with Gasteiger partial charge in [0.2, 0.25) is 0 Å². The van der Waals surface area contributed by atoms with Crippen molar-refractivity contribution in [1.82, 2.24) is 10.2 Å². The van der Waals surface area contributed by atoms with Crippen molar-refractivity contribution < 1.29 is 19.8 Å². The van der Waals surface area contributed by atoms with E-state index >= 15 is 0 Å². The molecule has 4 atom stereocenters. The summed E-state index contributed by atoms with van der Waals surface area (Å²) < 4.78 is 0. The fraction of sp³-hybridized carbons (Fsp3) is 0.867. The van der Waals surface area contributed by atoms with Crippen molar-refractivity contribution in [1.29, 1.82) is 0 Å². The molecule has 2 amide bonds. The van der Waals surface area contributed by atoms with Gasteiger partial charge < -0.3 is 20.4 Å². The van der Waals surface area contributed by atoms with Gasteiger partial charge in [-0.3, -0.25) is 4.79 Å². The number of likely N-dealkylation sites (tertiary alicyclic amines) is 1. The molecule has 6 nitrogen and oxygen atoms in total. The second-order valence-electron chi connectivity index (χ2n) is 6.35. The number of rotatable bonds is 3. The average molecular weight is 298 g/mol. The van der Waals surface area contributed by atoms with Gasteiger partial charge in [0.15, 0.2) is 0 Å². The molecule has 0 bridgehead atoms. The lowest BCUT2D eigenvalue weighted by atomic mass is 9.95. The Kier molecular flexibility index (Phi) is 5.45. The van der Waals surface area contributed by atoms with Crippen molar-refractivity contribution in [2.75, 3.05) is 13.2 Å². The van der Waals surface area contributed by atoms with E-state index in [1.54, 1.807) is 4.90 Å². The Hall–Kier alpha value is -1.30. The molecular formula is C15H26N2O4. The Labute approximate surface area is 125 Å². The Morgan fingerprint density at radius 2 is 1.90 bits per heavy atom. The molecule has 4 unspecified atom stereocenters. The second-order valence-corrected chi connectivity index (χ2v) is 6.35. The van der Waals surface area contributed by atoms with Gasteiger partial charge in [0, 0.05) is 12.6 Å². The van der Waals surface area contributed by atoms with Crippen LogP contribution in [-0.2, 0) is 4.79 Å². The summed E-state index contributed by atoms with van der Waals surface area (Å²) in [5.74, 6) is -1.04. The molecule has 1 aliphatic heterocycles. The van der Waals surface area contributed by atoms with Gasteiger partial charge in [0.1, 0.15) is 0 Å². The summed E-state index contributed by atoms with van der Waals surface area (Å²) in [5.41, 5.74) is 0. The molecule has 1 heterocycles. The number of urea groups is 1. The number of amides is 2. The van der Waals surface area contributed by atoms with Crippen LogP contribution in [0.25, 0.3) is 0 Å². The maximum Gasteiger partial charge on any atom is 0.317 e. The minimum atomic E-state index is -0.823. The molecule has 0 spiro atoms. The molecule has 0 aromatic carbocycles. The van der Waals surface area contributed by atoms with Gasteiger partial charge in [-0.2, -0.15) is 0 Å². The number of hydrogen-bond donors (Lipinski definition) is 3. The third-order valence-electron chi connectivity index (χ3n) is 4.97. The number of carbonyl (C=O) groups is 2. The molecule has 3 N–H and O–H groups in total. The van der Waals surface area contributed by atoms with Gasteiger partial charge in [0.05, 0.1) is 18.6 Å². The van der Waals surface area contributed by atoms with E-state index < -0.39 is 11.9 Å². The smallest absolute Gasteiger partial charge is 0.317 e. The molecule has 0 aromatic rings. The van der Waals surface area contributed by atoms with Crippen LogP contribution in [0.2, 0.25) is 0 Å². The maximum absolute atomic E-state index is 12.4. The fourth-order valence-corrected chi connectivity index (χ4v) is 3.56. The zero-order chi connectivity index (χ0) is 15.4. The van der Waals surface area contributed by atoms with Crippen molar-refractivity contribution >= 4 is 12.0 Å². The summed E-state index contributed by atoms with van der Waals surface area (Å²) in [6, 6.07) is -0.677. The van der Waals surface area contributed by atoms with Crippen molar-refractivity contribution in [2.45, 2.75) is 57.5 Å². The Morgan fingerprint density at radius 3 is 2.57 bits per heavy atom. The lowest BCUT2D eigenvalue weighted by Gasteiger charge is -2.29. The van der Waals surface area contributed by atoms with Crippen molar-refractivity contribution in [3.63, 3.8) is 0 Å². The summed E-state index contributed by atoms with van der Waals surface area (Å²) in [6.07, 6.45) is 5.11. The first kappa shape index (κ1) is 16.1. The highest BCUT2D eigenvalue weighted by Gasteiger charge is 2.37. The molecule has 120 valence electrons. The molecule has 6 heteroatoms. The van der Waals surface area contributed by atoms with E-state index in [2.05, 4.69) is 5.32 Å². The number of hydrogen-bond acceptors (Lipinski definition) is 3. The van der Waals surface area contributed by atoms with Crippen LogP contribution in [0.3, 0.4) is 0 Å². The number of nitrogens with one attached hydrogen (secondary N) is 1. The van der Waals surface area contributed by atoms with Crippen molar-refractivity contribution in [2.24, 2.45) is 11.8 Å². The number of carboxylic acids is 1. The molecule has 1 aliphatic carbocycles. The molecule has 2 aliphatic rings. The predicted molar refractivity (Wildman–Crippen MR) is 77.9 cm³/mol. The van der Waals surface area contributed by atoms with E-state index in [0.29, 0.717) is 13.0 Å². The summed E-state index contributed by atoms with van der Waals surface area (Å²) in [4.78, 5) is 25.5. The lowest BCUT2D eigenvalue weighted by molar-refractivity contribution is -0.142. The first-order valence-corrected chi connectivity index (χ1v) is 7.95. The van der Waals surface area contributed by atoms with Gasteiger partial charge in [-0.05, 0) is 25.2 Å². The third-order valence-corrected chi connectivity index (χ3v) is 4.97. The molecule has 2 fully saturated rings. The van der Waals surface area contributed by atoms with E-state index in [0.717, 1.165) is 32.1 Å². The molecular weight excluding hydrogens is 272 g/mol. The number of aliphatic hydroxyl groups is 1. The van der Waals surface area contributed by atoms with Crippen molar-refractivity contribution in [3.8, 4) is 0 Å². The summed E-state index contributed by atoms with van der Waals surface area (Å²) in [5, 5.41) is 21.7. The highest BCUT2D eigenvalue weighted by atomic mass is 16.4. The highest BCUT2D eigenvalue weighted by molar-refractivity contribution is 5.77. The minimum Gasteiger partial charge on any atom is -0.481 e. The first-order chi connectivity index (χ1) is 10.0. The minimum absolute atomic E-state index is 0.0401. The predicted octanol–water partition coefficient (Wildman–Crippen LogP) is 1.43. The lowest BCUT2D eigenvalue weighted by Crippen LogP contribution is -2.51. The van der Waals surface area contributed by atoms with Gasteiger partial charge in [-0.15, -0.1) is 0 Å². The molecule has 2 rings (SSSR count). The van der Waals surface area contributed by atoms with Crippen LogP contribution in [0.4, 0.5) is 4.79 Å². The number of aliphatic carboxylic acids is 1. The highest BCUT2D eigenvalue weighted by Crippen LogP contribution is 2.26. The third kappa shape index (κ3) is 3.67. The van der Waals surface area contributed by atoms with Crippen LogP contribution < -0.4 is 5.32 Å². The van der Waals surface area contributed by atoms with E-state index in [-0.39, 0.29) is 30.6 Å². The van der Waals surface area contributed by atoms with Gasteiger partial charge in [0.25, 0.3) is 0 Å². The fourth-order valence-electron chi connectivity index (χ4n) is 3.56. The molecule has 0 aromatic heterocycles. The number of nitrogens with zero attached hydrogens (tertiary/aromatic N) is 1. The van der Waals surface area contributed by atoms with Gasteiger partial charge >= 0.3 is 12.0 Å². The Bertz CT molecular complexity index is 388. The molecule has 1 saturated heterocycles. The van der Waals surface area contributed by atoms with Crippen LogP contribution >= 0.6 is 0 Å². The van der Waals surface area contributed by atoms with Crippen LogP contribution in [-0.4, -0.2) is 52.3 Å². The summed E-state index contributed by atoms with van der Waals surface area (Å²) in [6.45, 7) is 2.62. The second kappa shape index (κ2) is 7.11. The zero-order valence-corrected chi connectivity index (χ0v) is 12.6. The summed E-state index contributed by atoms with van der Waals surface area (Å²) in [7, 11) is 0. The normalized spacial score (nSPS) is 33.5. The molecule has 0 radical (unpaired) electrons. The average Bonchev–Trinajstić information content (AvgIpc) is 2.67. The van der Waals surface area contributed by atoms with Gasteiger partial charge in [-0.1, -0.05) is 26.2 Å². The van der Waals surface area contributed by atoms with Gasteiger partial charge in [-0.25, -0.2) is 4.79 Å². The number of aliphatic hydroxyl groups excluding tert-OH is 1. The SMILES string of the molecule is CC1CCN(C(=O)NC2CCCCCC2C(=O)O)C1CO. The van der Waals surface area contributed by atoms with E-state index in [1.807, 2.05) is 6.92 Å². The number of carbonyl (C=O) groups excluding carboxylic acids is 1.